The van der Waals surface area contributed by atoms with Crippen LogP contribution < -0.4 is 4.31 Å². The number of methoxy groups -OCH3 is 1. The van der Waals surface area contributed by atoms with Crippen LogP contribution in [0.1, 0.15) is 40.9 Å². The predicted molar refractivity (Wildman–Crippen MR) is 106 cm³/mol. The quantitative estimate of drug-likeness (QED) is 0.385. The summed E-state index contributed by atoms with van der Waals surface area (Å²) in [5.74, 6) is -2.86. The van der Waals surface area contributed by atoms with E-state index in [1.807, 2.05) is 0 Å². The van der Waals surface area contributed by atoms with Gasteiger partial charge in [0, 0.05) is 29.9 Å². The SMILES string of the molecule is CCCN(c1ccc(F)c(C(O)c2c[nH]c3ncc(C(=O)OC)cc23)c1F)S(=O)O. The molecule has 11 heteroatoms. The van der Waals surface area contributed by atoms with Crippen molar-refractivity contribution in [2.24, 2.45) is 0 Å². The van der Waals surface area contributed by atoms with Gasteiger partial charge in [-0.1, -0.05) is 6.92 Å². The molecule has 0 aliphatic rings. The molecule has 0 saturated heterocycles. The van der Waals surface area contributed by atoms with Crippen molar-refractivity contribution in [3.05, 3.63) is 58.9 Å². The number of carbonyl (C=O) groups excluding carboxylic acids is 1. The maximum atomic E-state index is 15.2. The Morgan fingerprint density at radius 2 is 2.13 bits per heavy atom. The number of fused-ring (bicyclic) bond motifs is 1. The largest absolute Gasteiger partial charge is 0.465 e. The predicted octanol–water partition coefficient (Wildman–Crippen LogP) is 3.06. The molecule has 30 heavy (non-hydrogen) atoms. The minimum atomic E-state index is -2.54. The Hall–Kier alpha value is -2.89. The van der Waals surface area contributed by atoms with E-state index in [0.29, 0.717) is 6.42 Å². The van der Waals surface area contributed by atoms with Crippen LogP contribution in [0.4, 0.5) is 14.5 Å². The van der Waals surface area contributed by atoms with Crippen molar-refractivity contribution >= 4 is 34.0 Å². The van der Waals surface area contributed by atoms with Crippen molar-refractivity contribution in [2.75, 3.05) is 18.0 Å². The van der Waals surface area contributed by atoms with Crippen LogP contribution in [0.5, 0.6) is 0 Å². The van der Waals surface area contributed by atoms with Crippen molar-refractivity contribution in [1.29, 1.82) is 0 Å². The van der Waals surface area contributed by atoms with Crippen molar-refractivity contribution < 1.29 is 32.2 Å². The second kappa shape index (κ2) is 8.86. The number of benzene rings is 1. The number of nitrogens with one attached hydrogen (secondary N) is 1. The number of hydrogen-bond donors (Lipinski definition) is 3. The summed E-state index contributed by atoms with van der Waals surface area (Å²) in [5, 5.41) is 11.1. The molecule has 0 fully saturated rings. The van der Waals surface area contributed by atoms with E-state index in [2.05, 4.69) is 14.7 Å². The molecule has 0 saturated carbocycles. The van der Waals surface area contributed by atoms with Crippen LogP contribution in [0, 0.1) is 11.6 Å². The molecule has 8 nitrogen and oxygen atoms in total. The third-order valence-electron chi connectivity index (χ3n) is 4.54. The first-order valence-corrected chi connectivity index (χ1v) is 9.96. The minimum absolute atomic E-state index is 0.0424. The van der Waals surface area contributed by atoms with Gasteiger partial charge in [0.05, 0.1) is 23.9 Å². The van der Waals surface area contributed by atoms with Gasteiger partial charge in [-0.15, -0.1) is 0 Å². The lowest BCUT2D eigenvalue weighted by Gasteiger charge is -2.22. The average molecular weight is 439 g/mol. The maximum absolute atomic E-state index is 15.2. The average Bonchev–Trinajstić information content (AvgIpc) is 3.15. The summed E-state index contributed by atoms with van der Waals surface area (Å²) in [6.45, 7) is 1.77. The Balaban J connectivity index is 2.13. The summed E-state index contributed by atoms with van der Waals surface area (Å²) in [4.78, 5) is 18.6. The molecule has 0 spiro atoms. The lowest BCUT2D eigenvalue weighted by atomic mass is 9.99. The van der Waals surface area contributed by atoms with E-state index >= 15 is 4.39 Å². The molecular formula is C19H19F2N3O5S. The van der Waals surface area contributed by atoms with Crippen molar-refractivity contribution in [2.45, 2.75) is 19.4 Å². The standard InChI is InChI=1S/C19H19F2N3O5S/c1-3-6-24(30(27)28)14-5-4-13(20)15(16(14)21)17(25)12-9-23-18-11(12)7-10(8-22-18)19(26)29-2/h4-5,7-9,17,25H,3,6H2,1-2H3,(H,22,23)(H,27,28). The number of nitrogens with zero attached hydrogens (tertiary/aromatic N) is 2. The highest BCUT2D eigenvalue weighted by Gasteiger charge is 2.28. The molecule has 3 rings (SSSR count). The highest BCUT2D eigenvalue weighted by Crippen LogP contribution is 2.35. The number of aromatic nitrogens is 2. The zero-order valence-corrected chi connectivity index (χ0v) is 16.9. The van der Waals surface area contributed by atoms with E-state index in [9.17, 15) is 23.1 Å². The maximum Gasteiger partial charge on any atom is 0.339 e. The molecule has 2 heterocycles. The Morgan fingerprint density at radius 1 is 1.40 bits per heavy atom. The number of ether oxygens (including phenoxy) is 1. The monoisotopic (exact) mass is 439 g/mol. The Morgan fingerprint density at radius 3 is 2.77 bits per heavy atom. The molecule has 0 radical (unpaired) electrons. The van der Waals surface area contributed by atoms with Crippen molar-refractivity contribution in [3.63, 3.8) is 0 Å². The number of aliphatic hydroxyl groups is 1. The number of anilines is 1. The number of aliphatic hydroxyl groups excluding tert-OH is 1. The molecule has 0 aliphatic carbocycles. The fourth-order valence-electron chi connectivity index (χ4n) is 3.12. The molecule has 3 aromatic rings. The summed E-state index contributed by atoms with van der Waals surface area (Å²) in [7, 11) is 1.20. The summed E-state index contributed by atoms with van der Waals surface area (Å²) >= 11 is -2.54. The van der Waals surface area contributed by atoms with Gasteiger partial charge in [0.25, 0.3) is 11.3 Å². The molecule has 2 aromatic heterocycles. The van der Waals surface area contributed by atoms with E-state index in [1.165, 1.54) is 25.6 Å². The van der Waals surface area contributed by atoms with Gasteiger partial charge >= 0.3 is 5.97 Å². The molecule has 2 atom stereocenters. The highest BCUT2D eigenvalue weighted by atomic mass is 32.2. The number of halogens is 2. The van der Waals surface area contributed by atoms with Gasteiger partial charge in [0.1, 0.15) is 17.6 Å². The van der Waals surface area contributed by atoms with Crippen LogP contribution in [0.15, 0.2) is 30.6 Å². The molecule has 0 bridgehead atoms. The number of carbonyl (C=O) groups is 1. The van der Waals surface area contributed by atoms with E-state index in [-0.39, 0.29) is 34.4 Å². The molecule has 3 N–H and O–H groups in total. The summed E-state index contributed by atoms with van der Waals surface area (Å²) in [6.07, 6.45) is 1.25. The lowest BCUT2D eigenvalue weighted by molar-refractivity contribution is 0.0600. The lowest BCUT2D eigenvalue weighted by Crippen LogP contribution is -2.27. The summed E-state index contributed by atoms with van der Waals surface area (Å²) in [5.41, 5.74) is -0.551. The molecule has 2 unspecified atom stereocenters. The van der Waals surface area contributed by atoms with Gasteiger partial charge in [-0.2, -0.15) is 0 Å². The van der Waals surface area contributed by atoms with Crippen LogP contribution >= 0.6 is 0 Å². The first-order valence-electron chi connectivity index (χ1n) is 8.89. The molecule has 0 aliphatic heterocycles. The number of pyridine rings is 1. The minimum Gasteiger partial charge on any atom is -0.465 e. The van der Waals surface area contributed by atoms with Gasteiger partial charge in [-0.3, -0.25) is 8.86 Å². The van der Waals surface area contributed by atoms with E-state index in [4.69, 9.17) is 0 Å². The van der Waals surface area contributed by atoms with Gasteiger partial charge in [0.2, 0.25) is 0 Å². The molecule has 0 amide bonds. The number of aromatic amines is 1. The van der Waals surface area contributed by atoms with Crippen LogP contribution in [0.2, 0.25) is 0 Å². The van der Waals surface area contributed by atoms with Gasteiger partial charge < -0.3 is 14.8 Å². The first-order chi connectivity index (χ1) is 14.3. The van der Waals surface area contributed by atoms with Crippen LogP contribution in [0.3, 0.4) is 0 Å². The second-order valence-electron chi connectivity index (χ2n) is 6.39. The Kier molecular flexibility index (Phi) is 6.44. The van der Waals surface area contributed by atoms with E-state index < -0.39 is 40.5 Å². The zero-order chi connectivity index (χ0) is 22.0. The summed E-state index contributed by atoms with van der Waals surface area (Å²) in [6, 6.07) is 3.34. The van der Waals surface area contributed by atoms with Crippen molar-refractivity contribution in [1.82, 2.24) is 9.97 Å². The van der Waals surface area contributed by atoms with Crippen LogP contribution in [-0.2, 0) is 16.0 Å². The van der Waals surface area contributed by atoms with E-state index in [0.717, 1.165) is 16.4 Å². The normalized spacial score (nSPS) is 13.3. The third kappa shape index (κ3) is 3.91. The smallest absolute Gasteiger partial charge is 0.339 e. The van der Waals surface area contributed by atoms with Gasteiger partial charge in [-0.25, -0.2) is 22.8 Å². The number of esters is 1. The number of rotatable bonds is 7. The van der Waals surface area contributed by atoms with E-state index in [1.54, 1.807) is 6.92 Å². The van der Waals surface area contributed by atoms with Crippen LogP contribution in [0.25, 0.3) is 11.0 Å². The fourth-order valence-corrected chi connectivity index (χ4v) is 3.77. The number of hydrogen-bond acceptors (Lipinski definition) is 5. The molecule has 160 valence electrons. The van der Waals surface area contributed by atoms with Gasteiger partial charge in [-0.05, 0) is 24.6 Å². The third-order valence-corrected chi connectivity index (χ3v) is 5.30. The van der Waals surface area contributed by atoms with Gasteiger partial charge in [0.15, 0.2) is 5.82 Å². The Bertz CT molecular complexity index is 1120. The molecule has 1 aromatic carbocycles. The fraction of sp³-hybridized carbons (Fsp3) is 0.263. The zero-order valence-electron chi connectivity index (χ0n) is 16.1. The highest BCUT2D eigenvalue weighted by molar-refractivity contribution is 7.80. The van der Waals surface area contributed by atoms with Crippen LogP contribution in [-0.4, -0.2) is 43.5 Å². The Labute approximate surface area is 172 Å². The molecular weight excluding hydrogens is 420 g/mol. The second-order valence-corrected chi connectivity index (χ2v) is 7.29. The summed E-state index contributed by atoms with van der Waals surface area (Å²) < 4.78 is 56.3. The van der Waals surface area contributed by atoms with Crippen molar-refractivity contribution in [3.8, 4) is 0 Å². The number of H-pyrrole nitrogens is 1. The first kappa shape index (κ1) is 21.8. The topological polar surface area (TPSA) is 116 Å².